The van der Waals surface area contributed by atoms with Crippen LogP contribution in [0.5, 0.6) is 5.75 Å². The van der Waals surface area contributed by atoms with Crippen molar-refractivity contribution in [2.45, 2.75) is 27.4 Å². The number of ether oxygens (including phenoxy) is 1. The zero-order chi connectivity index (χ0) is 20.1. The van der Waals surface area contributed by atoms with Crippen LogP contribution in [0.4, 0.5) is 8.78 Å². The van der Waals surface area contributed by atoms with Gasteiger partial charge in [-0.1, -0.05) is 17.7 Å². The summed E-state index contributed by atoms with van der Waals surface area (Å²) < 4.78 is 33.5. The normalized spacial score (nSPS) is 12.2. The van der Waals surface area contributed by atoms with Gasteiger partial charge >= 0.3 is 0 Å². The second kappa shape index (κ2) is 8.73. The van der Waals surface area contributed by atoms with Gasteiger partial charge in [-0.3, -0.25) is 19.3 Å². The fourth-order valence-electron chi connectivity index (χ4n) is 2.52. The number of halogens is 3. The Hall–Kier alpha value is -2.80. The Bertz CT molecular complexity index is 997. The third kappa shape index (κ3) is 4.49. The molecular formula is C19H18ClF2N3O2. The average molecular weight is 394 g/mol. The molecule has 0 bridgehead atoms. The molecule has 2 aromatic heterocycles. The smallest absolute Gasteiger partial charge is 0.277 e. The second-order valence-corrected chi connectivity index (χ2v) is 6.02. The number of hydrogen-bond acceptors (Lipinski definition) is 4. The van der Waals surface area contributed by atoms with E-state index in [-0.39, 0.29) is 23.1 Å². The van der Waals surface area contributed by atoms with Crippen LogP contribution >= 0.6 is 11.6 Å². The first-order chi connectivity index (χ1) is 12.8. The van der Waals surface area contributed by atoms with Gasteiger partial charge in [0, 0.05) is 29.7 Å². The number of pyridine rings is 2. The highest BCUT2D eigenvalue weighted by Gasteiger charge is 2.17. The molecule has 2 heterocycles. The van der Waals surface area contributed by atoms with Crippen molar-refractivity contribution in [3.05, 3.63) is 74.6 Å². The molecule has 0 saturated heterocycles. The maximum absolute atomic E-state index is 13.7. The van der Waals surface area contributed by atoms with Crippen LogP contribution in [0.1, 0.15) is 25.2 Å². The summed E-state index contributed by atoms with van der Waals surface area (Å²) in [6.45, 7) is 8.38. The summed E-state index contributed by atoms with van der Waals surface area (Å²) in [5.74, 6) is -1.55. The van der Waals surface area contributed by atoms with Gasteiger partial charge in [-0.15, -0.1) is 0 Å². The van der Waals surface area contributed by atoms with Crippen LogP contribution in [0.15, 0.2) is 46.0 Å². The van der Waals surface area contributed by atoms with E-state index in [1.807, 2.05) is 0 Å². The molecule has 8 heteroatoms. The van der Waals surface area contributed by atoms with E-state index in [9.17, 15) is 13.6 Å². The van der Waals surface area contributed by atoms with Crippen LogP contribution in [0.3, 0.4) is 0 Å². The molecule has 0 radical (unpaired) electrons. The average Bonchev–Trinajstić information content (AvgIpc) is 2.61. The maximum Gasteiger partial charge on any atom is 0.277 e. The van der Waals surface area contributed by atoms with Crippen molar-refractivity contribution in [1.29, 1.82) is 0 Å². The standard InChI is InChI=1S/C19H18ClF2N3O2/c1-5-16(11(2)8-23-4)25-12(3)6-17(18(20)19(25)26)27-10-15-14(22)7-13(21)9-24-15/h5-9H,4,10H2,1-3H3/b11-8-,16-5+. The highest BCUT2D eigenvalue weighted by atomic mass is 35.5. The van der Waals surface area contributed by atoms with Gasteiger partial charge in [-0.05, 0) is 33.1 Å². The number of aromatic nitrogens is 2. The van der Waals surface area contributed by atoms with E-state index in [1.54, 1.807) is 32.9 Å². The van der Waals surface area contributed by atoms with Gasteiger partial charge in [-0.2, -0.15) is 0 Å². The summed E-state index contributed by atoms with van der Waals surface area (Å²) in [6.07, 6.45) is 4.16. The van der Waals surface area contributed by atoms with Gasteiger partial charge in [0.05, 0.1) is 6.20 Å². The van der Waals surface area contributed by atoms with E-state index in [0.717, 1.165) is 11.8 Å². The fraction of sp³-hybridized carbons (Fsp3) is 0.211. The van der Waals surface area contributed by atoms with Gasteiger partial charge in [0.2, 0.25) is 0 Å². The first-order valence-electron chi connectivity index (χ1n) is 7.94. The van der Waals surface area contributed by atoms with E-state index in [1.165, 1.54) is 10.8 Å². The molecule has 0 atom stereocenters. The van der Waals surface area contributed by atoms with Gasteiger partial charge in [-0.25, -0.2) is 8.78 Å². The Kier molecular flexibility index (Phi) is 6.63. The molecule has 0 aliphatic heterocycles. The molecule has 0 N–H and O–H groups in total. The van der Waals surface area contributed by atoms with E-state index >= 15 is 0 Å². The Morgan fingerprint density at radius 2 is 2.15 bits per heavy atom. The molecule has 0 saturated carbocycles. The van der Waals surface area contributed by atoms with E-state index in [0.29, 0.717) is 17.5 Å². The number of allylic oxidation sites excluding steroid dienone is 3. The first-order valence-corrected chi connectivity index (χ1v) is 8.32. The number of rotatable bonds is 6. The third-order valence-electron chi connectivity index (χ3n) is 3.75. The van der Waals surface area contributed by atoms with Crippen molar-refractivity contribution in [1.82, 2.24) is 9.55 Å². The van der Waals surface area contributed by atoms with Crippen LogP contribution in [-0.4, -0.2) is 16.3 Å². The molecule has 27 heavy (non-hydrogen) atoms. The lowest BCUT2D eigenvalue weighted by Crippen LogP contribution is -2.23. The van der Waals surface area contributed by atoms with E-state index in [2.05, 4.69) is 16.7 Å². The number of aryl methyl sites for hydroxylation is 1. The van der Waals surface area contributed by atoms with E-state index in [4.69, 9.17) is 16.3 Å². The molecule has 0 unspecified atom stereocenters. The fourth-order valence-corrected chi connectivity index (χ4v) is 2.71. The lowest BCUT2D eigenvalue weighted by Gasteiger charge is -2.17. The molecule has 2 aromatic rings. The van der Waals surface area contributed by atoms with Crippen molar-refractivity contribution in [3.8, 4) is 5.75 Å². The molecule has 0 aromatic carbocycles. The van der Waals surface area contributed by atoms with Crippen LogP contribution in [0, 0.1) is 18.6 Å². The predicted octanol–water partition coefficient (Wildman–Crippen LogP) is 4.53. The number of nitrogens with zero attached hydrogens (tertiary/aromatic N) is 3. The summed E-state index contributed by atoms with van der Waals surface area (Å²) in [6, 6.07) is 2.26. The topological polar surface area (TPSA) is 56.5 Å². The second-order valence-electron chi connectivity index (χ2n) is 5.64. The zero-order valence-corrected chi connectivity index (χ0v) is 15.8. The molecule has 0 spiro atoms. The van der Waals surface area contributed by atoms with Crippen LogP contribution in [-0.2, 0) is 6.61 Å². The quantitative estimate of drug-likeness (QED) is 0.535. The minimum atomic E-state index is -0.843. The predicted molar refractivity (Wildman–Crippen MR) is 102 cm³/mol. The SMILES string of the molecule is C=N/C=C(C)\C(=C/C)n1c(C)cc(OCc2ncc(F)cc2F)c(Cl)c1=O. The summed E-state index contributed by atoms with van der Waals surface area (Å²) >= 11 is 6.17. The monoisotopic (exact) mass is 393 g/mol. The molecule has 0 amide bonds. The van der Waals surface area contributed by atoms with Crippen LogP contribution < -0.4 is 10.3 Å². The molecule has 0 fully saturated rings. The van der Waals surface area contributed by atoms with Gasteiger partial charge in [0.25, 0.3) is 5.56 Å². The lowest BCUT2D eigenvalue weighted by atomic mass is 10.2. The minimum Gasteiger partial charge on any atom is -0.485 e. The number of aliphatic imine (C=N–C) groups is 1. The summed E-state index contributed by atoms with van der Waals surface area (Å²) in [4.78, 5) is 20.1. The highest BCUT2D eigenvalue weighted by molar-refractivity contribution is 6.31. The molecule has 2 rings (SSSR count). The van der Waals surface area contributed by atoms with Crippen molar-refractivity contribution in [3.63, 3.8) is 0 Å². The van der Waals surface area contributed by atoms with Crippen LogP contribution in [0.2, 0.25) is 5.02 Å². The van der Waals surface area contributed by atoms with E-state index < -0.39 is 17.2 Å². The summed E-state index contributed by atoms with van der Waals surface area (Å²) in [5, 5.41) is -0.165. The van der Waals surface area contributed by atoms with Crippen molar-refractivity contribution in [2.75, 3.05) is 0 Å². The first kappa shape index (κ1) is 20.5. The molecular weight excluding hydrogens is 376 g/mol. The number of hydrogen-bond donors (Lipinski definition) is 0. The Labute approximate surface area is 160 Å². The molecule has 0 aliphatic carbocycles. The highest BCUT2D eigenvalue weighted by Crippen LogP contribution is 2.26. The van der Waals surface area contributed by atoms with Crippen molar-refractivity contribution >= 4 is 24.0 Å². The Morgan fingerprint density at radius 3 is 2.74 bits per heavy atom. The molecule has 0 aliphatic rings. The Morgan fingerprint density at radius 1 is 1.44 bits per heavy atom. The van der Waals surface area contributed by atoms with Gasteiger partial charge < -0.3 is 4.74 Å². The van der Waals surface area contributed by atoms with Crippen molar-refractivity contribution in [2.24, 2.45) is 4.99 Å². The lowest BCUT2D eigenvalue weighted by molar-refractivity contribution is 0.292. The Balaban J connectivity index is 2.40. The van der Waals surface area contributed by atoms with Gasteiger partial charge in [0.15, 0.2) is 5.82 Å². The van der Waals surface area contributed by atoms with Gasteiger partial charge in [0.1, 0.15) is 28.9 Å². The molecule has 5 nitrogen and oxygen atoms in total. The zero-order valence-electron chi connectivity index (χ0n) is 15.1. The summed E-state index contributed by atoms with van der Waals surface area (Å²) in [5.41, 5.74) is 1.28. The van der Waals surface area contributed by atoms with Crippen molar-refractivity contribution < 1.29 is 13.5 Å². The maximum atomic E-state index is 13.7. The molecule has 142 valence electrons. The largest absolute Gasteiger partial charge is 0.485 e. The van der Waals surface area contributed by atoms with Crippen LogP contribution in [0.25, 0.3) is 5.70 Å². The third-order valence-corrected chi connectivity index (χ3v) is 4.10. The summed E-state index contributed by atoms with van der Waals surface area (Å²) in [7, 11) is 0. The minimum absolute atomic E-state index is 0.0832.